The third-order valence-electron chi connectivity index (χ3n) is 4.27. The van der Waals surface area contributed by atoms with E-state index in [-0.39, 0.29) is 0 Å². The molecule has 1 aliphatic heterocycles. The molecule has 116 valence electrons. The first-order valence-electron chi connectivity index (χ1n) is 7.87. The van der Waals surface area contributed by atoms with Crippen molar-refractivity contribution in [3.8, 4) is 0 Å². The molecule has 0 aromatic heterocycles. The Morgan fingerprint density at radius 1 is 1.33 bits per heavy atom. The summed E-state index contributed by atoms with van der Waals surface area (Å²) in [6.07, 6.45) is 6.21. The summed E-state index contributed by atoms with van der Waals surface area (Å²) in [5.74, 6) is 0. The zero-order valence-corrected chi connectivity index (χ0v) is 14.8. The van der Waals surface area contributed by atoms with Crippen molar-refractivity contribution < 1.29 is 0 Å². The molecule has 0 amide bonds. The molecule has 21 heavy (non-hydrogen) atoms. The van der Waals surface area contributed by atoms with Crippen LogP contribution in [0.15, 0.2) is 12.1 Å². The van der Waals surface area contributed by atoms with Gasteiger partial charge in [0.05, 0.1) is 10.7 Å². The summed E-state index contributed by atoms with van der Waals surface area (Å²) in [6.45, 7) is 7.43. The summed E-state index contributed by atoms with van der Waals surface area (Å²) >= 11 is 12.0. The van der Waals surface area contributed by atoms with E-state index in [9.17, 15) is 0 Å². The van der Waals surface area contributed by atoms with Crippen LogP contribution in [0.3, 0.4) is 0 Å². The van der Waals surface area contributed by atoms with Gasteiger partial charge in [-0.25, -0.2) is 0 Å². The summed E-state index contributed by atoms with van der Waals surface area (Å²) < 4.78 is 0. The predicted molar refractivity (Wildman–Crippen MR) is 96.4 cm³/mol. The number of thiocarbonyl (C=S) groups is 1. The Bertz CT molecular complexity index is 493. The number of hydrogen-bond donors (Lipinski definition) is 1. The van der Waals surface area contributed by atoms with Gasteiger partial charge in [-0.15, -0.1) is 0 Å². The number of aryl methyl sites for hydroxylation is 2. The monoisotopic (exact) mass is 324 g/mol. The molecule has 1 atom stereocenters. The molecular formula is C17H25ClN2S. The fourth-order valence-electron chi connectivity index (χ4n) is 3.12. The summed E-state index contributed by atoms with van der Waals surface area (Å²) in [7, 11) is 0. The van der Waals surface area contributed by atoms with E-state index in [1.807, 2.05) is 6.07 Å². The van der Waals surface area contributed by atoms with Gasteiger partial charge >= 0.3 is 0 Å². The lowest BCUT2D eigenvalue weighted by atomic mass is 10.1. The van der Waals surface area contributed by atoms with Crippen LogP contribution in [0.25, 0.3) is 0 Å². The fraction of sp³-hybridized carbons (Fsp3) is 0.588. The average Bonchev–Trinajstić information content (AvgIpc) is 2.67. The largest absolute Gasteiger partial charge is 0.346 e. The highest BCUT2D eigenvalue weighted by Gasteiger charge is 2.22. The van der Waals surface area contributed by atoms with Gasteiger partial charge in [0.2, 0.25) is 0 Å². The Morgan fingerprint density at radius 2 is 2.10 bits per heavy atom. The van der Waals surface area contributed by atoms with Crippen LogP contribution in [0.1, 0.15) is 50.2 Å². The van der Waals surface area contributed by atoms with Crippen LogP contribution in [0, 0.1) is 13.8 Å². The van der Waals surface area contributed by atoms with E-state index in [1.165, 1.54) is 31.2 Å². The third kappa shape index (κ3) is 4.10. The van der Waals surface area contributed by atoms with E-state index < -0.39 is 0 Å². The van der Waals surface area contributed by atoms with Gasteiger partial charge in [0, 0.05) is 12.6 Å². The molecule has 0 saturated carbocycles. The molecule has 1 aromatic carbocycles. The summed E-state index contributed by atoms with van der Waals surface area (Å²) in [4.78, 5) is 2.36. The minimum absolute atomic E-state index is 0.553. The minimum Gasteiger partial charge on any atom is -0.346 e. The van der Waals surface area contributed by atoms with Crippen molar-refractivity contribution in [2.45, 2.75) is 58.9 Å². The molecule has 1 N–H and O–H groups in total. The molecule has 1 unspecified atom stereocenters. The number of likely N-dealkylation sites (tertiary alicyclic amines) is 1. The first kappa shape index (κ1) is 16.6. The van der Waals surface area contributed by atoms with Gasteiger partial charge in [-0.2, -0.15) is 0 Å². The van der Waals surface area contributed by atoms with Crippen LogP contribution in [-0.2, 0) is 0 Å². The minimum atomic E-state index is 0.553. The maximum absolute atomic E-state index is 6.38. The predicted octanol–water partition coefficient (Wildman–Crippen LogP) is 5.31. The second-order valence-corrected chi connectivity index (χ2v) is 6.77. The van der Waals surface area contributed by atoms with Gasteiger partial charge < -0.3 is 10.2 Å². The van der Waals surface area contributed by atoms with Crippen molar-refractivity contribution in [2.24, 2.45) is 0 Å². The summed E-state index contributed by atoms with van der Waals surface area (Å²) in [5.41, 5.74) is 3.27. The molecule has 0 bridgehead atoms. The quantitative estimate of drug-likeness (QED) is 0.742. The van der Waals surface area contributed by atoms with Crippen molar-refractivity contribution in [3.63, 3.8) is 0 Å². The van der Waals surface area contributed by atoms with Gasteiger partial charge in [0.25, 0.3) is 0 Å². The first-order chi connectivity index (χ1) is 10.0. The molecule has 1 aliphatic rings. The molecule has 0 radical (unpaired) electrons. The zero-order chi connectivity index (χ0) is 15.4. The smallest absolute Gasteiger partial charge is 0.173 e. The lowest BCUT2D eigenvalue weighted by Gasteiger charge is -2.32. The van der Waals surface area contributed by atoms with Crippen LogP contribution in [0.2, 0.25) is 5.02 Å². The van der Waals surface area contributed by atoms with Crippen LogP contribution in [0.5, 0.6) is 0 Å². The average molecular weight is 325 g/mol. The van der Waals surface area contributed by atoms with Gasteiger partial charge in [-0.3, -0.25) is 0 Å². The van der Waals surface area contributed by atoms with Crippen molar-refractivity contribution in [3.05, 3.63) is 28.3 Å². The van der Waals surface area contributed by atoms with Crippen molar-refractivity contribution in [1.82, 2.24) is 4.90 Å². The highest BCUT2D eigenvalue weighted by molar-refractivity contribution is 7.80. The number of rotatable bonds is 2. The molecule has 0 aliphatic carbocycles. The van der Waals surface area contributed by atoms with Gasteiger partial charge in [-0.05, 0) is 62.5 Å². The standard InChI is InChI=1S/C17H25ClN2S/c1-4-14-8-6-5-7-9-20(14)17(21)19-16-13(3)10-12(2)11-15(16)18/h10-11,14H,4-9H2,1-3H3,(H,19,21). The zero-order valence-electron chi connectivity index (χ0n) is 13.2. The Morgan fingerprint density at radius 3 is 2.76 bits per heavy atom. The van der Waals surface area contributed by atoms with Crippen molar-refractivity contribution in [2.75, 3.05) is 11.9 Å². The van der Waals surface area contributed by atoms with Crippen LogP contribution in [0.4, 0.5) is 5.69 Å². The number of benzene rings is 1. The van der Waals surface area contributed by atoms with Crippen LogP contribution < -0.4 is 5.32 Å². The van der Waals surface area contributed by atoms with Crippen LogP contribution in [-0.4, -0.2) is 22.6 Å². The molecule has 2 rings (SSSR count). The molecule has 1 heterocycles. The topological polar surface area (TPSA) is 15.3 Å². The maximum Gasteiger partial charge on any atom is 0.173 e. The highest BCUT2D eigenvalue weighted by atomic mass is 35.5. The third-order valence-corrected chi connectivity index (χ3v) is 4.91. The molecular weight excluding hydrogens is 300 g/mol. The maximum atomic E-state index is 6.38. The van der Waals surface area contributed by atoms with Gasteiger partial charge in [0.15, 0.2) is 5.11 Å². The molecule has 1 aromatic rings. The number of hydrogen-bond acceptors (Lipinski definition) is 1. The number of nitrogens with zero attached hydrogens (tertiary/aromatic N) is 1. The van der Waals surface area contributed by atoms with E-state index in [4.69, 9.17) is 23.8 Å². The number of anilines is 1. The molecule has 2 nitrogen and oxygen atoms in total. The lowest BCUT2D eigenvalue weighted by Crippen LogP contribution is -2.42. The second kappa shape index (κ2) is 7.46. The Kier molecular flexibility index (Phi) is 5.88. The Balaban J connectivity index is 2.16. The SMILES string of the molecule is CCC1CCCCCN1C(=S)Nc1c(C)cc(C)cc1Cl. The van der Waals surface area contributed by atoms with E-state index in [2.05, 4.69) is 37.1 Å². The van der Waals surface area contributed by atoms with Crippen molar-refractivity contribution in [1.29, 1.82) is 0 Å². The van der Waals surface area contributed by atoms with Crippen molar-refractivity contribution >= 4 is 34.6 Å². The summed E-state index contributed by atoms with van der Waals surface area (Å²) in [5, 5.41) is 4.96. The highest BCUT2D eigenvalue weighted by Crippen LogP contribution is 2.28. The second-order valence-electron chi connectivity index (χ2n) is 5.97. The van der Waals surface area contributed by atoms with E-state index in [1.54, 1.807) is 0 Å². The Labute approximate surface area is 138 Å². The normalized spacial score (nSPS) is 19.2. The van der Waals surface area contributed by atoms with Gasteiger partial charge in [-0.1, -0.05) is 37.4 Å². The Hall–Kier alpha value is -0.800. The molecule has 1 saturated heterocycles. The molecule has 0 spiro atoms. The fourth-order valence-corrected chi connectivity index (χ4v) is 3.83. The van der Waals surface area contributed by atoms with E-state index in [0.29, 0.717) is 6.04 Å². The van der Waals surface area contributed by atoms with Crippen LogP contribution >= 0.6 is 23.8 Å². The first-order valence-corrected chi connectivity index (χ1v) is 8.66. The van der Waals surface area contributed by atoms with E-state index in [0.717, 1.165) is 34.4 Å². The summed E-state index contributed by atoms with van der Waals surface area (Å²) in [6, 6.07) is 4.67. The van der Waals surface area contributed by atoms with E-state index >= 15 is 0 Å². The van der Waals surface area contributed by atoms with Gasteiger partial charge in [0.1, 0.15) is 0 Å². The molecule has 4 heteroatoms. The number of halogens is 1. The lowest BCUT2D eigenvalue weighted by molar-refractivity contribution is 0.311. The number of nitrogens with one attached hydrogen (secondary N) is 1. The molecule has 1 fully saturated rings.